The van der Waals surface area contributed by atoms with Crippen LogP contribution in [0.2, 0.25) is 0 Å². The first-order chi connectivity index (χ1) is 13.6. The first-order valence-corrected chi connectivity index (χ1v) is 10.8. The molecule has 2 atom stereocenters. The first-order valence-electron chi connectivity index (χ1n) is 9.80. The van der Waals surface area contributed by atoms with Crippen molar-refractivity contribution < 1.29 is 9.84 Å². The molecule has 146 valence electrons. The zero-order chi connectivity index (χ0) is 20.0. The number of ether oxygens (including phenoxy) is 1. The Morgan fingerprint density at radius 1 is 0.964 bits per heavy atom. The van der Waals surface area contributed by atoms with Crippen molar-refractivity contribution in [2.75, 3.05) is 0 Å². The number of aryl methyl sites for hydroxylation is 1. The summed E-state index contributed by atoms with van der Waals surface area (Å²) >= 11 is 0. The second-order valence-electron chi connectivity index (χ2n) is 7.40. The summed E-state index contributed by atoms with van der Waals surface area (Å²) in [6, 6.07) is 25.0. The van der Waals surface area contributed by atoms with Crippen molar-refractivity contribution in [3.8, 4) is 5.75 Å². The number of aliphatic hydroxyl groups is 1. The number of hydrogen-bond donors (Lipinski definition) is 1. The number of benzene rings is 3. The van der Waals surface area contributed by atoms with Crippen molar-refractivity contribution in [3.05, 3.63) is 95.1 Å². The third-order valence-electron chi connectivity index (χ3n) is 5.27. The summed E-state index contributed by atoms with van der Waals surface area (Å²) in [5.41, 5.74) is 4.61. The van der Waals surface area contributed by atoms with Crippen molar-refractivity contribution in [1.29, 1.82) is 0 Å². The Balaban J connectivity index is 1.89. The molecule has 0 aromatic heterocycles. The zero-order valence-corrected chi connectivity index (χ0v) is 17.9. The molecule has 0 saturated heterocycles. The van der Waals surface area contributed by atoms with Crippen LogP contribution in [-0.4, -0.2) is 5.11 Å². The van der Waals surface area contributed by atoms with Gasteiger partial charge in [-0.1, -0.05) is 94.7 Å². The second-order valence-corrected chi connectivity index (χ2v) is 9.29. The largest absolute Gasteiger partial charge is 0.489 e. The molecule has 3 aromatic carbocycles. The Bertz CT molecular complexity index is 907. The third kappa shape index (κ3) is 4.82. The Labute approximate surface area is 170 Å². The van der Waals surface area contributed by atoms with Crippen LogP contribution in [0.15, 0.2) is 72.8 Å². The van der Waals surface area contributed by atoms with Crippen LogP contribution in [0.5, 0.6) is 5.75 Å². The molecule has 0 amide bonds. The predicted molar refractivity (Wildman–Crippen MR) is 120 cm³/mol. The minimum atomic E-state index is -0.0491. The lowest BCUT2D eigenvalue weighted by Crippen LogP contribution is -2.21. The smallest absolute Gasteiger partial charge is 0.123 e. The summed E-state index contributed by atoms with van der Waals surface area (Å²) in [6.07, 6.45) is 0.996. The van der Waals surface area contributed by atoms with Gasteiger partial charge < -0.3 is 9.84 Å². The van der Waals surface area contributed by atoms with Crippen LogP contribution in [0.3, 0.4) is 0 Å². The fourth-order valence-corrected chi connectivity index (χ4v) is 4.99. The highest BCUT2D eigenvalue weighted by molar-refractivity contribution is 7.48. The van der Waals surface area contributed by atoms with Crippen molar-refractivity contribution in [2.45, 2.75) is 45.6 Å². The quantitative estimate of drug-likeness (QED) is 0.499. The van der Waals surface area contributed by atoms with E-state index in [0.29, 0.717) is 15.2 Å². The Morgan fingerprint density at radius 2 is 1.68 bits per heavy atom. The van der Waals surface area contributed by atoms with E-state index < -0.39 is 0 Å². The van der Waals surface area contributed by atoms with E-state index in [1.807, 2.05) is 24.3 Å². The molecule has 0 saturated carbocycles. The van der Waals surface area contributed by atoms with Crippen LogP contribution >= 0.6 is 8.58 Å². The second kappa shape index (κ2) is 9.37. The standard InChI is InChI=1S/C25H29O2P/c1-4-25(3,28-24-15-14-19(2)16-21(24)17-26)22-12-8-9-13-23(22)27-18-20-10-6-5-7-11-20/h5-16,26,28H,4,17-18H2,1-3H3. The predicted octanol–water partition coefficient (Wildman–Crippen LogP) is 5.70. The Hall–Kier alpha value is -2.15. The van der Waals surface area contributed by atoms with Gasteiger partial charge in [0.2, 0.25) is 0 Å². The molecule has 0 bridgehead atoms. The lowest BCUT2D eigenvalue weighted by atomic mass is 9.96. The lowest BCUT2D eigenvalue weighted by molar-refractivity contribution is 0.283. The molecule has 0 heterocycles. The van der Waals surface area contributed by atoms with Crippen molar-refractivity contribution >= 4 is 13.9 Å². The molecule has 2 nitrogen and oxygen atoms in total. The maximum atomic E-state index is 9.83. The monoisotopic (exact) mass is 392 g/mol. The van der Waals surface area contributed by atoms with Gasteiger partial charge >= 0.3 is 0 Å². The molecule has 0 fully saturated rings. The van der Waals surface area contributed by atoms with E-state index in [9.17, 15) is 5.11 Å². The molecular weight excluding hydrogens is 363 g/mol. The van der Waals surface area contributed by atoms with Crippen LogP contribution in [-0.2, 0) is 18.4 Å². The van der Waals surface area contributed by atoms with Crippen molar-refractivity contribution in [3.63, 3.8) is 0 Å². The SMILES string of the molecule is CCC(C)(Pc1ccc(C)cc1CO)c1ccccc1OCc1ccccc1. The number of para-hydroxylation sites is 1. The summed E-state index contributed by atoms with van der Waals surface area (Å²) in [4.78, 5) is 0. The maximum Gasteiger partial charge on any atom is 0.123 e. The minimum Gasteiger partial charge on any atom is -0.489 e. The van der Waals surface area contributed by atoms with Gasteiger partial charge in [0.25, 0.3) is 0 Å². The lowest BCUT2D eigenvalue weighted by Gasteiger charge is -2.32. The summed E-state index contributed by atoms with van der Waals surface area (Å²) in [6.45, 7) is 7.24. The van der Waals surface area contributed by atoms with Gasteiger partial charge in [0, 0.05) is 10.7 Å². The molecule has 3 heteroatoms. The highest BCUT2D eigenvalue weighted by Crippen LogP contribution is 2.47. The minimum absolute atomic E-state index is 0.0491. The van der Waals surface area contributed by atoms with Crippen LogP contribution < -0.4 is 10.0 Å². The first kappa shape index (κ1) is 20.6. The van der Waals surface area contributed by atoms with Gasteiger partial charge in [-0.05, 0) is 35.8 Å². The topological polar surface area (TPSA) is 29.5 Å². The zero-order valence-electron chi connectivity index (χ0n) is 16.9. The van der Waals surface area contributed by atoms with Gasteiger partial charge in [-0.25, -0.2) is 0 Å². The average Bonchev–Trinajstić information content (AvgIpc) is 2.74. The van der Waals surface area contributed by atoms with E-state index in [1.54, 1.807) is 0 Å². The van der Waals surface area contributed by atoms with Gasteiger partial charge in [0.1, 0.15) is 12.4 Å². The molecule has 0 aliphatic heterocycles. The molecule has 0 aliphatic carbocycles. The molecule has 0 aliphatic rings. The molecule has 2 unspecified atom stereocenters. The van der Waals surface area contributed by atoms with E-state index in [-0.39, 0.29) is 11.8 Å². The van der Waals surface area contributed by atoms with E-state index in [4.69, 9.17) is 4.74 Å². The molecule has 1 N–H and O–H groups in total. The van der Waals surface area contributed by atoms with Gasteiger partial charge in [-0.15, -0.1) is 0 Å². The fraction of sp³-hybridized carbons (Fsp3) is 0.280. The van der Waals surface area contributed by atoms with Crippen molar-refractivity contribution in [2.24, 2.45) is 0 Å². The number of hydrogen-bond acceptors (Lipinski definition) is 2. The maximum absolute atomic E-state index is 9.83. The fourth-order valence-electron chi connectivity index (χ4n) is 3.40. The summed E-state index contributed by atoms with van der Waals surface area (Å²) in [7, 11) is 0.555. The van der Waals surface area contributed by atoms with Crippen LogP contribution in [0.25, 0.3) is 0 Å². The number of rotatable bonds is 8. The molecule has 0 radical (unpaired) electrons. The Kier molecular flexibility index (Phi) is 6.88. The van der Waals surface area contributed by atoms with E-state index >= 15 is 0 Å². The average molecular weight is 392 g/mol. The van der Waals surface area contributed by atoms with Gasteiger partial charge in [-0.3, -0.25) is 0 Å². The van der Waals surface area contributed by atoms with Crippen LogP contribution in [0.4, 0.5) is 0 Å². The molecule has 28 heavy (non-hydrogen) atoms. The van der Waals surface area contributed by atoms with E-state index in [0.717, 1.165) is 17.7 Å². The molecule has 0 spiro atoms. The van der Waals surface area contributed by atoms with E-state index in [2.05, 4.69) is 69.3 Å². The summed E-state index contributed by atoms with van der Waals surface area (Å²) in [5.74, 6) is 0.945. The van der Waals surface area contributed by atoms with Gasteiger partial charge in [0.15, 0.2) is 0 Å². The molecule has 3 rings (SSSR count). The molecular formula is C25H29O2P. The highest BCUT2D eigenvalue weighted by atomic mass is 31.1. The highest BCUT2D eigenvalue weighted by Gasteiger charge is 2.29. The van der Waals surface area contributed by atoms with Crippen LogP contribution in [0, 0.1) is 6.92 Å². The summed E-state index contributed by atoms with van der Waals surface area (Å²) < 4.78 is 6.24. The van der Waals surface area contributed by atoms with E-state index in [1.165, 1.54) is 22.0 Å². The Morgan fingerprint density at radius 3 is 2.39 bits per heavy atom. The number of aliphatic hydroxyl groups excluding tert-OH is 1. The van der Waals surface area contributed by atoms with Gasteiger partial charge in [0.05, 0.1) is 6.61 Å². The normalized spacial score (nSPS) is 13.6. The third-order valence-corrected chi connectivity index (χ3v) is 7.20. The van der Waals surface area contributed by atoms with Crippen molar-refractivity contribution in [1.82, 2.24) is 0 Å². The van der Waals surface area contributed by atoms with Gasteiger partial charge in [-0.2, -0.15) is 0 Å². The summed E-state index contributed by atoms with van der Waals surface area (Å²) in [5, 5.41) is 11.0. The molecule has 3 aromatic rings. The van der Waals surface area contributed by atoms with Crippen LogP contribution in [0.1, 0.15) is 42.5 Å².